The predicted octanol–water partition coefficient (Wildman–Crippen LogP) is 3.46. The Hall–Kier alpha value is -2.82. The van der Waals surface area contributed by atoms with E-state index in [9.17, 15) is 9.59 Å². The third-order valence-electron chi connectivity index (χ3n) is 4.62. The minimum Gasteiger partial charge on any atom is -0.483 e. The van der Waals surface area contributed by atoms with Crippen molar-refractivity contribution in [2.45, 2.75) is 32.1 Å². The number of benzene rings is 2. The fourth-order valence-electron chi connectivity index (χ4n) is 3.30. The first-order valence-corrected chi connectivity index (χ1v) is 9.07. The number of ether oxygens (including phenoxy) is 1. The summed E-state index contributed by atoms with van der Waals surface area (Å²) in [6, 6.07) is 17.4. The zero-order valence-corrected chi connectivity index (χ0v) is 14.7. The molecular weight excluding hydrogens is 328 g/mol. The Balaban J connectivity index is 1.48. The van der Waals surface area contributed by atoms with Crippen molar-refractivity contribution in [1.82, 2.24) is 10.9 Å². The number of carbonyl (C=O) groups excluding carboxylic acids is 2. The van der Waals surface area contributed by atoms with E-state index in [1.54, 1.807) is 0 Å². The van der Waals surface area contributed by atoms with Gasteiger partial charge < -0.3 is 4.74 Å². The van der Waals surface area contributed by atoms with Crippen LogP contribution in [0.3, 0.4) is 0 Å². The van der Waals surface area contributed by atoms with Crippen LogP contribution >= 0.6 is 0 Å². The fourth-order valence-corrected chi connectivity index (χ4v) is 3.30. The molecule has 3 rings (SSSR count). The topological polar surface area (TPSA) is 67.4 Å². The van der Waals surface area contributed by atoms with E-state index in [1.807, 2.05) is 54.6 Å². The molecule has 2 amide bonds. The number of hydrazine groups is 1. The van der Waals surface area contributed by atoms with Crippen molar-refractivity contribution >= 4 is 11.8 Å². The van der Waals surface area contributed by atoms with Crippen LogP contribution in [0, 0.1) is 5.92 Å². The molecule has 0 aromatic heterocycles. The normalized spacial score (nSPS) is 14.0. The predicted molar refractivity (Wildman–Crippen MR) is 100 cm³/mol. The highest BCUT2D eigenvalue weighted by Gasteiger charge is 2.18. The van der Waals surface area contributed by atoms with Gasteiger partial charge in [0.05, 0.1) is 0 Å². The van der Waals surface area contributed by atoms with Gasteiger partial charge in [-0.15, -0.1) is 0 Å². The first-order valence-electron chi connectivity index (χ1n) is 9.07. The highest BCUT2D eigenvalue weighted by Crippen LogP contribution is 2.29. The Morgan fingerprint density at radius 1 is 0.885 bits per heavy atom. The maximum absolute atomic E-state index is 12.0. The van der Waals surface area contributed by atoms with Crippen molar-refractivity contribution in [3.8, 4) is 16.9 Å². The minimum absolute atomic E-state index is 0.144. The second kappa shape index (κ2) is 9.04. The maximum atomic E-state index is 12.0. The summed E-state index contributed by atoms with van der Waals surface area (Å²) in [7, 11) is 0. The Morgan fingerprint density at radius 3 is 2.31 bits per heavy atom. The molecular formula is C21H24N2O3. The standard InChI is InChI=1S/C21H24N2O3/c24-20(14-16-8-4-5-9-16)22-23-21(25)15-26-19-13-7-6-12-18(19)17-10-2-1-3-11-17/h1-3,6-7,10-13,16H,4-5,8-9,14-15H2,(H,22,24)(H,23,25). The smallest absolute Gasteiger partial charge is 0.276 e. The van der Waals surface area contributed by atoms with Crippen LogP contribution in [0.25, 0.3) is 11.1 Å². The van der Waals surface area contributed by atoms with Crippen LogP contribution < -0.4 is 15.6 Å². The first-order chi connectivity index (χ1) is 12.7. The largest absolute Gasteiger partial charge is 0.483 e. The zero-order chi connectivity index (χ0) is 18.2. The third-order valence-corrected chi connectivity index (χ3v) is 4.62. The van der Waals surface area contributed by atoms with Crippen LogP contribution in [0.2, 0.25) is 0 Å². The Labute approximate surface area is 153 Å². The average Bonchev–Trinajstić information content (AvgIpc) is 3.18. The van der Waals surface area contributed by atoms with Gasteiger partial charge in [0.2, 0.25) is 5.91 Å². The van der Waals surface area contributed by atoms with Gasteiger partial charge in [-0.25, -0.2) is 0 Å². The quantitative estimate of drug-likeness (QED) is 0.783. The molecule has 0 radical (unpaired) electrons. The number of amides is 2. The molecule has 0 bridgehead atoms. The van der Waals surface area contributed by atoms with E-state index in [1.165, 1.54) is 12.8 Å². The van der Waals surface area contributed by atoms with Crippen LogP contribution in [-0.4, -0.2) is 18.4 Å². The van der Waals surface area contributed by atoms with E-state index < -0.39 is 0 Å². The lowest BCUT2D eigenvalue weighted by Gasteiger charge is -2.13. The van der Waals surface area contributed by atoms with E-state index in [4.69, 9.17) is 4.74 Å². The van der Waals surface area contributed by atoms with E-state index in [0.29, 0.717) is 18.1 Å². The van der Waals surface area contributed by atoms with Crippen molar-refractivity contribution in [3.05, 3.63) is 54.6 Å². The van der Waals surface area contributed by atoms with E-state index >= 15 is 0 Å². The molecule has 0 spiro atoms. The summed E-state index contributed by atoms with van der Waals surface area (Å²) in [5, 5.41) is 0. The minimum atomic E-state index is -0.382. The molecule has 2 aromatic rings. The Kier molecular flexibility index (Phi) is 6.25. The number of rotatable bonds is 6. The van der Waals surface area contributed by atoms with Crippen molar-refractivity contribution < 1.29 is 14.3 Å². The van der Waals surface area contributed by atoms with Crippen molar-refractivity contribution in [2.75, 3.05) is 6.61 Å². The number of para-hydroxylation sites is 1. The Bertz CT molecular complexity index is 740. The highest BCUT2D eigenvalue weighted by atomic mass is 16.5. The molecule has 1 fully saturated rings. The fraction of sp³-hybridized carbons (Fsp3) is 0.333. The molecule has 1 aliphatic carbocycles. The second-order valence-electron chi connectivity index (χ2n) is 6.60. The molecule has 5 nitrogen and oxygen atoms in total. The molecule has 0 aliphatic heterocycles. The summed E-state index contributed by atoms with van der Waals surface area (Å²) in [4.78, 5) is 23.8. The molecule has 2 aromatic carbocycles. The van der Waals surface area contributed by atoms with E-state index in [-0.39, 0.29) is 18.4 Å². The molecule has 1 aliphatic rings. The average molecular weight is 352 g/mol. The van der Waals surface area contributed by atoms with Crippen molar-refractivity contribution in [1.29, 1.82) is 0 Å². The van der Waals surface area contributed by atoms with Gasteiger partial charge in [0.25, 0.3) is 5.91 Å². The van der Waals surface area contributed by atoms with Crippen LogP contribution in [-0.2, 0) is 9.59 Å². The van der Waals surface area contributed by atoms with Crippen LogP contribution in [0.4, 0.5) is 0 Å². The molecule has 2 N–H and O–H groups in total. The molecule has 1 saturated carbocycles. The van der Waals surface area contributed by atoms with E-state index in [2.05, 4.69) is 10.9 Å². The van der Waals surface area contributed by atoms with Crippen molar-refractivity contribution in [2.24, 2.45) is 5.92 Å². The number of nitrogens with one attached hydrogen (secondary N) is 2. The van der Waals surface area contributed by atoms with Gasteiger partial charge in [-0.3, -0.25) is 20.4 Å². The van der Waals surface area contributed by atoms with Crippen LogP contribution in [0.5, 0.6) is 5.75 Å². The maximum Gasteiger partial charge on any atom is 0.276 e. The summed E-state index contributed by atoms with van der Waals surface area (Å²) >= 11 is 0. The molecule has 5 heteroatoms. The van der Waals surface area contributed by atoms with Gasteiger partial charge in [0.1, 0.15) is 5.75 Å². The summed E-state index contributed by atoms with van der Waals surface area (Å²) < 4.78 is 5.66. The summed E-state index contributed by atoms with van der Waals surface area (Å²) in [5.74, 6) is 0.551. The van der Waals surface area contributed by atoms with Crippen LogP contribution in [0.1, 0.15) is 32.1 Å². The summed E-state index contributed by atoms with van der Waals surface area (Å²) in [6.45, 7) is -0.159. The number of hydrogen-bond acceptors (Lipinski definition) is 3. The van der Waals surface area contributed by atoms with Crippen LogP contribution in [0.15, 0.2) is 54.6 Å². The lowest BCUT2D eigenvalue weighted by atomic mass is 10.0. The first kappa shape index (κ1) is 18.0. The van der Waals surface area contributed by atoms with Gasteiger partial charge >= 0.3 is 0 Å². The second-order valence-corrected chi connectivity index (χ2v) is 6.60. The molecule has 136 valence electrons. The lowest BCUT2D eigenvalue weighted by molar-refractivity contribution is -0.130. The highest BCUT2D eigenvalue weighted by molar-refractivity contribution is 5.83. The van der Waals surface area contributed by atoms with Gasteiger partial charge in [-0.1, -0.05) is 61.4 Å². The zero-order valence-electron chi connectivity index (χ0n) is 14.7. The molecule has 0 atom stereocenters. The third kappa shape index (κ3) is 5.09. The molecule has 26 heavy (non-hydrogen) atoms. The van der Waals surface area contributed by atoms with Gasteiger partial charge in [-0.05, 0) is 30.4 Å². The summed E-state index contributed by atoms with van der Waals surface area (Å²) in [5.41, 5.74) is 6.84. The van der Waals surface area contributed by atoms with Gasteiger partial charge in [-0.2, -0.15) is 0 Å². The monoisotopic (exact) mass is 352 g/mol. The van der Waals surface area contributed by atoms with Crippen molar-refractivity contribution in [3.63, 3.8) is 0 Å². The molecule has 0 heterocycles. The summed E-state index contributed by atoms with van der Waals surface area (Å²) in [6.07, 6.45) is 5.05. The molecule has 0 unspecified atom stereocenters. The van der Waals surface area contributed by atoms with Gasteiger partial charge in [0, 0.05) is 12.0 Å². The number of carbonyl (C=O) groups is 2. The Morgan fingerprint density at radius 2 is 1.54 bits per heavy atom. The molecule has 0 saturated heterocycles. The van der Waals surface area contributed by atoms with E-state index in [0.717, 1.165) is 24.0 Å². The number of hydrogen-bond donors (Lipinski definition) is 2. The van der Waals surface area contributed by atoms with Gasteiger partial charge in [0.15, 0.2) is 6.61 Å². The lowest BCUT2D eigenvalue weighted by Crippen LogP contribution is -2.44. The SMILES string of the molecule is O=C(COc1ccccc1-c1ccccc1)NNC(=O)CC1CCCC1.